The Bertz CT molecular complexity index is 423. The molecule has 1 N–H and O–H groups in total. The first-order valence-corrected chi connectivity index (χ1v) is 5.25. The lowest BCUT2D eigenvalue weighted by molar-refractivity contribution is 0.986. The summed E-state index contributed by atoms with van der Waals surface area (Å²) in [5.74, 6) is 0.805. The molecule has 3 nitrogen and oxygen atoms in total. The van der Waals surface area contributed by atoms with Crippen LogP contribution in [0.2, 0.25) is 0 Å². The molecule has 0 aliphatic rings. The molecule has 0 aliphatic heterocycles. The maximum absolute atomic E-state index is 4.10. The lowest BCUT2D eigenvalue weighted by Crippen LogP contribution is -1.97. The fraction of sp³-hybridized carbons (Fsp3) is 0.200. The maximum Gasteiger partial charge on any atom is 0.149 e. The molecule has 2 aromatic heterocycles. The van der Waals surface area contributed by atoms with Gasteiger partial charge in [-0.3, -0.25) is 0 Å². The van der Waals surface area contributed by atoms with Crippen LogP contribution in [0.25, 0.3) is 10.4 Å². The molecule has 0 fully saturated rings. The van der Waals surface area contributed by atoms with Gasteiger partial charge in [0.25, 0.3) is 0 Å². The molecule has 0 aliphatic carbocycles. The van der Waals surface area contributed by atoms with Crippen molar-refractivity contribution in [3.63, 3.8) is 0 Å². The topological polar surface area (TPSA) is 37.8 Å². The van der Waals surface area contributed by atoms with E-state index in [1.165, 1.54) is 4.88 Å². The number of hydrogen-bond acceptors (Lipinski definition) is 4. The number of hydrogen-bond donors (Lipinski definition) is 1. The van der Waals surface area contributed by atoms with E-state index < -0.39 is 0 Å². The van der Waals surface area contributed by atoms with Gasteiger partial charge in [-0.05, 0) is 24.4 Å². The minimum absolute atomic E-state index is 0.805. The summed E-state index contributed by atoms with van der Waals surface area (Å²) >= 11 is 1.71. The first-order chi connectivity index (χ1) is 6.81. The Labute approximate surface area is 86.8 Å². The molecule has 2 rings (SSSR count). The molecule has 0 spiro atoms. The fourth-order valence-electron chi connectivity index (χ4n) is 1.26. The van der Waals surface area contributed by atoms with Crippen molar-refractivity contribution in [2.75, 3.05) is 12.4 Å². The predicted molar refractivity (Wildman–Crippen MR) is 59.6 cm³/mol. The van der Waals surface area contributed by atoms with E-state index in [1.54, 1.807) is 11.3 Å². The van der Waals surface area contributed by atoms with Gasteiger partial charge in [0.2, 0.25) is 0 Å². The van der Waals surface area contributed by atoms with Crippen molar-refractivity contribution in [2.45, 2.75) is 6.92 Å². The predicted octanol–water partition coefficient (Wildman–Crippen LogP) is 2.56. The lowest BCUT2D eigenvalue weighted by Gasteiger charge is -2.04. The number of nitrogens with one attached hydrogen (secondary N) is 1. The van der Waals surface area contributed by atoms with E-state index >= 15 is 0 Å². The number of aryl methyl sites for hydroxylation is 1. The largest absolute Gasteiger partial charge is 0.372 e. The van der Waals surface area contributed by atoms with Gasteiger partial charge in [0.05, 0.1) is 5.69 Å². The Morgan fingerprint density at radius 1 is 1.36 bits per heavy atom. The van der Waals surface area contributed by atoms with Crippen LogP contribution in [0.4, 0.5) is 5.82 Å². The summed E-state index contributed by atoms with van der Waals surface area (Å²) in [7, 11) is 1.84. The van der Waals surface area contributed by atoms with E-state index in [-0.39, 0.29) is 0 Å². The Morgan fingerprint density at radius 2 is 2.21 bits per heavy atom. The fourth-order valence-corrected chi connectivity index (χ4v) is 2.05. The minimum Gasteiger partial charge on any atom is -0.372 e. The van der Waals surface area contributed by atoms with E-state index in [9.17, 15) is 0 Å². The van der Waals surface area contributed by atoms with Crippen LogP contribution in [-0.2, 0) is 0 Å². The molecule has 0 aromatic carbocycles. The Morgan fingerprint density at radius 3 is 2.86 bits per heavy atom. The molecule has 0 radical (unpaired) electrons. The summed E-state index contributed by atoms with van der Waals surface area (Å²) in [6, 6.07) is 6.15. The summed E-state index contributed by atoms with van der Waals surface area (Å²) in [6.07, 6.45) is 0. The first-order valence-electron chi connectivity index (χ1n) is 4.37. The van der Waals surface area contributed by atoms with Gasteiger partial charge in [-0.25, -0.2) is 0 Å². The van der Waals surface area contributed by atoms with Crippen molar-refractivity contribution in [1.29, 1.82) is 0 Å². The van der Waals surface area contributed by atoms with Crippen molar-refractivity contribution in [3.8, 4) is 10.4 Å². The van der Waals surface area contributed by atoms with Gasteiger partial charge in [-0.15, -0.1) is 16.4 Å². The third-order valence-electron chi connectivity index (χ3n) is 2.02. The van der Waals surface area contributed by atoms with Crippen LogP contribution in [0.15, 0.2) is 23.6 Å². The molecule has 4 heteroatoms. The summed E-state index contributed by atoms with van der Waals surface area (Å²) in [5.41, 5.74) is 2.12. The van der Waals surface area contributed by atoms with Crippen LogP contribution in [0.5, 0.6) is 0 Å². The molecular weight excluding hydrogens is 194 g/mol. The number of aromatic nitrogens is 2. The smallest absolute Gasteiger partial charge is 0.149 e. The van der Waals surface area contributed by atoms with Crippen LogP contribution in [0, 0.1) is 6.92 Å². The molecule has 0 unspecified atom stereocenters. The summed E-state index contributed by atoms with van der Waals surface area (Å²) in [5, 5.41) is 13.2. The van der Waals surface area contributed by atoms with E-state index in [0.29, 0.717) is 0 Å². The number of thiophene rings is 1. The minimum atomic E-state index is 0.805. The molecule has 0 atom stereocenters. The number of rotatable bonds is 2. The molecule has 0 bridgehead atoms. The third-order valence-corrected chi connectivity index (χ3v) is 2.92. The molecule has 2 heterocycles. The van der Waals surface area contributed by atoms with Crippen LogP contribution < -0.4 is 5.32 Å². The van der Waals surface area contributed by atoms with E-state index in [2.05, 4.69) is 27.0 Å². The van der Waals surface area contributed by atoms with Crippen LogP contribution in [-0.4, -0.2) is 17.2 Å². The molecule has 72 valence electrons. The quantitative estimate of drug-likeness (QED) is 0.818. The van der Waals surface area contributed by atoms with Crippen LogP contribution in [0.3, 0.4) is 0 Å². The zero-order chi connectivity index (χ0) is 9.97. The molecule has 2 aromatic rings. The van der Waals surface area contributed by atoms with E-state index in [0.717, 1.165) is 17.1 Å². The third kappa shape index (κ3) is 1.61. The van der Waals surface area contributed by atoms with E-state index in [4.69, 9.17) is 0 Å². The molecule has 0 amide bonds. The Hall–Kier alpha value is -1.42. The molecular formula is C10H11N3S. The standard InChI is InChI=1S/C10H11N3S/c1-7-8(9-4-3-5-14-9)6-10(11-2)13-12-7/h3-6H,1-2H3,(H,11,13). The molecule has 14 heavy (non-hydrogen) atoms. The maximum atomic E-state index is 4.10. The first kappa shape index (κ1) is 9.15. The van der Waals surface area contributed by atoms with Crippen LogP contribution >= 0.6 is 11.3 Å². The average molecular weight is 205 g/mol. The normalized spacial score (nSPS) is 10.1. The van der Waals surface area contributed by atoms with Crippen molar-refractivity contribution in [3.05, 3.63) is 29.3 Å². The summed E-state index contributed by atoms with van der Waals surface area (Å²) < 4.78 is 0. The van der Waals surface area contributed by atoms with Crippen molar-refractivity contribution < 1.29 is 0 Å². The van der Waals surface area contributed by atoms with Crippen molar-refractivity contribution >= 4 is 17.2 Å². The van der Waals surface area contributed by atoms with Gasteiger partial charge < -0.3 is 5.32 Å². The van der Waals surface area contributed by atoms with Crippen molar-refractivity contribution in [2.24, 2.45) is 0 Å². The zero-order valence-corrected chi connectivity index (χ0v) is 8.93. The SMILES string of the molecule is CNc1cc(-c2cccs2)c(C)nn1. The van der Waals surface area contributed by atoms with Gasteiger partial charge in [-0.1, -0.05) is 6.07 Å². The second kappa shape index (κ2) is 3.75. The number of nitrogens with zero attached hydrogens (tertiary/aromatic N) is 2. The summed E-state index contributed by atoms with van der Waals surface area (Å²) in [4.78, 5) is 1.23. The molecule has 0 saturated carbocycles. The van der Waals surface area contributed by atoms with Crippen LogP contribution in [0.1, 0.15) is 5.69 Å². The van der Waals surface area contributed by atoms with Gasteiger partial charge in [0.1, 0.15) is 5.82 Å². The molecule has 0 saturated heterocycles. The lowest BCUT2D eigenvalue weighted by atomic mass is 10.2. The number of anilines is 1. The Kier molecular flexibility index (Phi) is 2.45. The monoisotopic (exact) mass is 205 g/mol. The highest BCUT2D eigenvalue weighted by Gasteiger charge is 2.05. The van der Waals surface area contributed by atoms with E-state index in [1.807, 2.05) is 26.1 Å². The van der Waals surface area contributed by atoms with Gasteiger partial charge in [0.15, 0.2) is 0 Å². The summed E-state index contributed by atoms with van der Waals surface area (Å²) in [6.45, 7) is 1.97. The highest BCUT2D eigenvalue weighted by atomic mass is 32.1. The highest BCUT2D eigenvalue weighted by Crippen LogP contribution is 2.27. The second-order valence-electron chi connectivity index (χ2n) is 2.96. The zero-order valence-electron chi connectivity index (χ0n) is 8.11. The highest BCUT2D eigenvalue weighted by molar-refractivity contribution is 7.13. The van der Waals surface area contributed by atoms with Gasteiger partial charge in [0, 0.05) is 17.5 Å². The van der Waals surface area contributed by atoms with Crippen molar-refractivity contribution in [1.82, 2.24) is 10.2 Å². The van der Waals surface area contributed by atoms with Gasteiger partial charge in [-0.2, -0.15) is 5.10 Å². The average Bonchev–Trinajstić information content (AvgIpc) is 2.71. The Balaban J connectivity index is 2.51. The van der Waals surface area contributed by atoms with Gasteiger partial charge >= 0.3 is 0 Å². The second-order valence-corrected chi connectivity index (χ2v) is 3.90.